The molecule has 0 radical (unpaired) electrons. The van der Waals surface area contributed by atoms with Crippen LogP contribution in [0.2, 0.25) is 0 Å². The Balaban J connectivity index is 0.00000180. The number of carbonyl (C=O) groups is 1. The van der Waals surface area contributed by atoms with Gasteiger partial charge in [-0.05, 0) is 17.9 Å². The topological polar surface area (TPSA) is 46.3 Å². The van der Waals surface area contributed by atoms with Crippen LogP contribution in [0.15, 0.2) is 30.3 Å². The van der Waals surface area contributed by atoms with Gasteiger partial charge in [0.1, 0.15) is 0 Å². The summed E-state index contributed by atoms with van der Waals surface area (Å²) >= 11 is 0. The number of nitrogens with two attached hydrogens (primary N) is 1. The molecule has 0 saturated carbocycles. The van der Waals surface area contributed by atoms with Crippen LogP contribution < -0.4 is 5.73 Å². The molecule has 106 valence electrons. The quantitative estimate of drug-likeness (QED) is 0.922. The van der Waals surface area contributed by atoms with E-state index in [1.807, 2.05) is 35.2 Å². The highest BCUT2D eigenvalue weighted by Crippen LogP contribution is 2.24. The van der Waals surface area contributed by atoms with Gasteiger partial charge in [0, 0.05) is 19.6 Å². The fourth-order valence-corrected chi connectivity index (χ4v) is 2.65. The largest absolute Gasteiger partial charge is 0.342 e. The van der Waals surface area contributed by atoms with Gasteiger partial charge in [-0.25, -0.2) is 0 Å². The Labute approximate surface area is 121 Å². The lowest BCUT2D eigenvalue weighted by molar-refractivity contribution is -0.131. The Morgan fingerprint density at radius 1 is 1.42 bits per heavy atom. The summed E-state index contributed by atoms with van der Waals surface area (Å²) in [4.78, 5) is 14.5. The number of carbonyl (C=O) groups excluding carboxylic acids is 1. The Morgan fingerprint density at radius 3 is 2.63 bits per heavy atom. The van der Waals surface area contributed by atoms with Crippen molar-refractivity contribution in [3.8, 4) is 0 Å². The summed E-state index contributed by atoms with van der Waals surface area (Å²) in [5.74, 6) is 0.685. The normalized spacial score (nSPS) is 19.9. The van der Waals surface area contributed by atoms with Crippen LogP contribution in [0, 0.1) is 5.92 Å². The van der Waals surface area contributed by atoms with Gasteiger partial charge >= 0.3 is 0 Å². The standard InChI is InChI=1S/C15H22N2O.ClH/c1-2-12-8-9-17(11-12)15(18)14(10-16)13-6-4-3-5-7-13;/h3-7,12,14H,2,8-11,16H2,1H3;1H. The lowest BCUT2D eigenvalue weighted by atomic mass is 9.98. The number of likely N-dealkylation sites (tertiary alicyclic amines) is 1. The molecule has 1 aromatic rings. The van der Waals surface area contributed by atoms with Gasteiger partial charge in [-0.1, -0.05) is 43.7 Å². The number of hydrogen-bond donors (Lipinski definition) is 1. The van der Waals surface area contributed by atoms with E-state index in [0.717, 1.165) is 31.5 Å². The van der Waals surface area contributed by atoms with Crippen molar-refractivity contribution in [2.75, 3.05) is 19.6 Å². The molecule has 2 rings (SSSR count). The molecule has 1 aliphatic heterocycles. The molecular weight excluding hydrogens is 260 g/mol. The lowest BCUT2D eigenvalue weighted by Gasteiger charge is -2.23. The van der Waals surface area contributed by atoms with Crippen LogP contribution in [0.1, 0.15) is 31.2 Å². The highest BCUT2D eigenvalue weighted by atomic mass is 35.5. The van der Waals surface area contributed by atoms with Crippen molar-refractivity contribution >= 4 is 18.3 Å². The van der Waals surface area contributed by atoms with Crippen molar-refractivity contribution < 1.29 is 4.79 Å². The first kappa shape index (κ1) is 16.0. The van der Waals surface area contributed by atoms with Gasteiger partial charge in [-0.3, -0.25) is 4.79 Å². The van der Waals surface area contributed by atoms with Crippen molar-refractivity contribution in [2.45, 2.75) is 25.7 Å². The average molecular weight is 283 g/mol. The van der Waals surface area contributed by atoms with Gasteiger partial charge in [-0.2, -0.15) is 0 Å². The number of halogens is 1. The van der Waals surface area contributed by atoms with E-state index in [1.54, 1.807) is 0 Å². The van der Waals surface area contributed by atoms with Gasteiger partial charge in [0.15, 0.2) is 0 Å². The molecule has 2 N–H and O–H groups in total. The number of amides is 1. The van der Waals surface area contributed by atoms with Crippen molar-refractivity contribution in [1.29, 1.82) is 0 Å². The molecule has 1 amide bonds. The summed E-state index contributed by atoms with van der Waals surface area (Å²) in [5.41, 5.74) is 6.83. The van der Waals surface area contributed by atoms with Crippen LogP contribution >= 0.6 is 12.4 Å². The Hall–Kier alpha value is -1.06. The zero-order valence-corrected chi connectivity index (χ0v) is 12.2. The molecule has 0 bridgehead atoms. The highest BCUT2D eigenvalue weighted by Gasteiger charge is 2.30. The number of hydrogen-bond acceptors (Lipinski definition) is 2. The van der Waals surface area contributed by atoms with Crippen molar-refractivity contribution in [1.82, 2.24) is 4.90 Å². The zero-order valence-electron chi connectivity index (χ0n) is 11.4. The third kappa shape index (κ3) is 3.71. The van der Waals surface area contributed by atoms with Gasteiger partial charge in [0.2, 0.25) is 5.91 Å². The molecule has 2 atom stereocenters. The molecule has 1 aliphatic rings. The minimum Gasteiger partial charge on any atom is -0.342 e. The van der Waals surface area contributed by atoms with E-state index in [4.69, 9.17) is 5.73 Å². The molecule has 0 aromatic heterocycles. The highest BCUT2D eigenvalue weighted by molar-refractivity contribution is 5.85. The third-order valence-corrected chi connectivity index (χ3v) is 3.91. The van der Waals surface area contributed by atoms with E-state index in [9.17, 15) is 4.79 Å². The van der Waals surface area contributed by atoms with Gasteiger partial charge < -0.3 is 10.6 Å². The summed E-state index contributed by atoms with van der Waals surface area (Å²) in [5, 5.41) is 0. The third-order valence-electron chi connectivity index (χ3n) is 3.91. The Kier molecular flexibility index (Phi) is 6.32. The maximum absolute atomic E-state index is 12.5. The number of rotatable bonds is 4. The summed E-state index contributed by atoms with van der Waals surface area (Å²) < 4.78 is 0. The van der Waals surface area contributed by atoms with E-state index in [1.165, 1.54) is 0 Å². The fraction of sp³-hybridized carbons (Fsp3) is 0.533. The summed E-state index contributed by atoms with van der Waals surface area (Å²) in [6, 6.07) is 9.87. The lowest BCUT2D eigenvalue weighted by Crippen LogP contribution is -2.36. The molecule has 2 unspecified atom stereocenters. The van der Waals surface area contributed by atoms with Gasteiger partial charge in [-0.15, -0.1) is 12.4 Å². The smallest absolute Gasteiger partial charge is 0.231 e. The first-order valence-corrected chi connectivity index (χ1v) is 6.80. The first-order chi connectivity index (χ1) is 8.76. The molecule has 0 aliphatic carbocycles. The first-order valence-electron chi connectivity index (χ1n) is 6.80. The predicted molar refractivity (Wildman–Crippen MR) is 80.5 cm³/mol. The number of benzene rings is 1. The SMILES string of the molecule is CCC1CCN(C(=O)C(CN)c2ccccc2)C1.Cl. The molecule has 1 heterocycles. The molecule has 1 saturated heterocycles. The molecule has 1 aromatic carbocycles. The van der Waals surface area contributed by atoms with Crippen molar-refractivity contribution in [3.63, 3.8) is 0 Å². The second-order valence-corrected chi connectivity index (χ2v) is 5.05. The molecular formula is C15H23ClN2O. The minimum atomic E-state index is -0.179. The summed E-state index contributed by atoms with van der Waals surface area (Å²) in [6.07, 6.45) is 2.29. The van der Waals surface area contributed by atoms with Crippen LogP contribution in [-0.4, -0.2) is 30.4 Å². The predicted octanol–water partition coefficient (Wildman–Crippen LogP) is 2.41. The monoisotopic (exact) mass is 282 g/mol. The minimum absolute atomic E-state index is 0. The maximum Gasteiger partial charge on any atom is 0.231 e. The average Bonchev–Trinajstić information content (AvgIpc) is 2.89. The summed E-state index contributed by atoms with van der Waals surface area (Å²) in [6.45, 7) is 4.37. The molecule has 3 nitrogen and oxygen atoms in total. The van der Waals surface area contributed by atoms with Gasteiger partial charge in [0.25, 0.3) is 0 Å². The van der Waals surface area contributed by atoms with E-state index in [-0.39, 0.29) is 24.2 Å². The van der Waals surface area contributed by atoms with Crippen LogP contribution in [0.4, 0.5) is 0 Å². The number of nitrogens with zero attached hydrogens (tertiary/aromatic N) is 1. The second kappa shape index (κ2) is 7.51. The zero-order chi connectivity index (χ0) is 13.0. The van der Waals surface area contributed by atoms with Crippen LogP contribution in [0.5, 0.6) is 0 Å². The molecule has 0 spiro atoms. The van der Waals surface area contributed by atoms with Crippen molar-refractivity contribution in [2.24, 2.45) is 11.7 Å². The van der Waals surface area contributed by atoms with Crippen molar-refractivity contribution in [3.05, 3.63) is 35.9 Å². The van der Waals surface area contributed by atoms with Crippen LogP contribution in [-0.2, 0) is 4.79 Å². The molecule has 1 fully saturated rings. The summed E-state index contributed by atoms with van der Waals surface area (Å²) in [7, 11) is 0. The molecule has 19 heavy (non-hydrogen) atoms. The van der Waals surface area contributed by atoms with Gasteiger partial charge in [0.05, 0.1) is 5.92 Å². The second-order valence-electron chi connectivity index (χ2n) is 5.05. The van der Waals surface area contributed by atoms with E-state index < -0.39 is 0 Å². The molecule has 4 heteroatoms. The van der Waals surface area contributed by atoms with E-state index >= 15 is 0 Å². The maximum atomic E-state index is 12.5. The van der Waals surface area contributed by atoms with E-state index in [0.29, 0.717) is 12.5 Å². The van der Waals surface area contributed by atoms with E-state index in [2.05, 4.69) is 6.92 Å². The fourth-order valence-electron chi connectivity index (χ4n) is 2.65. The van der Waals surface area contributed by atoms with Crippen LogP contribution in [0.3, 0.4) is 0 Å². The Morgan fingerprint density at radius 2 is 2.11 bits per heavy atom. The van der Waals surface area contributed by atoms with Crippen LogP contribution in [0.25, 0.3) is 0 Å². The Bertz CT molecular complexity index is 396.